The Balaban J connectivity index is 1.11. The van der Waals surface area contributed by atoms with Gasteiger partial charge in [0.2, 0.25) is 0 Å². The summed E-state index contributed by atoms with van der Waals surface area (Å²) >= 11 is 1.88. The van der Waals surface area contributed by atoms with E-state index in [0.29, 0.717) is 0 Å². The second-order valence-electron chi connectivity index (χ2n) is 20.9. The van der Waals surface area contributed by atoms with Crippen molar-refractivity contribution in [1.29, 1.82) is 0 Å². The van der Waals surface area contributed by atoms with Gasteiger partial charge in [0.05, 0.1) is 5.52 Å². The molecule has 0 amide bonds. The molecule has 309 valence electrons. The van der Waals surface area contributed by atoms with Crippen molar-refractivity contribution in [3.05, 3.63) is 162 Å². The maximum absolute atomic E-state index is 6.59. The molecule has 1 N–H and O–H groups in total. The molecule has 64 heavy (non-hydrogen) atoms. The van der Waals surface area contributed by atoms with Crippen LogP contribution < -0.4 is 16.2 Å². The predicted molar refractivity (Wildman–Crippen MR) is 276 cm³/mol. The van der Waals surface area contributed by atoms with Crippen molar-refractivity contribution in [1.82, 2.24) is 4.57 Å². The first-order valence-corrected chi connectivity index (χ1v) is 23.5. The van der Waals surface area contributed by atoms with E-state index in [-0.39, 0.29) is 16.2 Å². The molecule has 1 aliphatic carbocycles. The van der Waals surface area contributed by atoms with Gasteiger partial charge in [0.1, 0.15) is 11.2 Å². The lowest BCUT2D eigenvalue weighted by atomic mass is 9.59. The second-order valence-corrected chi connectivity index (χ2v) is 22.0. The van der Waals surface area contributed by atoms with Gasteiger partial charge in [-0.1, -0.05) is 140 Å². The normalized spacial score (nSPS) is 14.2. The highest BCUT2D eigenvalue weighted by Gasteiger charge is 2.37. The Kier molecular flexibility index (Phi) is 7.59. The Morgan fingerprint density at radius 1 is 0.547 bits per heavy atom. The molecule has 5 heteroatoms. The molecule has 1 radical (unpaired) electrons. The molecule has 0 bridgehead atoms. The molecule has 0 spiro atoms. The summed E-state index contributed by atoms with van der Waals surface area (Å²) in [6, 6.07) is 52.8. The van der Waals surface area contributed by atoms with Crippen LogP contribution in [0, 0.1) is 0 Å². The minimum atomic E-state index is -0.112. The first kappa shape index (κ1) is 38.0. The monoisotopic (exact) mass is 843 g/mol. The fraction of sp³-hybridized carbons (Fsp3) is 0.186. The van der Waals surface area contributed by atoms with Crippen LogP contribution in [0.3, 0.4) is 0 Å². The molecule has 0 fully saturated rings. The summed E-state index contributed by atoms with van der Waals surface area (Å²) < 4.78 is 11.7. The van der Waals surface area contributed by atoms with Crippen molar-refractivity contribution in [2.24, 2.45) is 0 Å². The van der Waals surface area contributed by atoms with E-state index in [1.165, 1.54) is 97.4 Å². The van der Waals surface area contributed by atoms with Crippen LogP contribution in [0.15, 0.2) is 144 Å². The van der Waals surface area contributed by atoms with Crippen LogP contribution in [-0.4, -0.2) is 11.8 Å². The number of fused-ring (bicyclic) bond motifs is 14. The standard InChI is InChI=1S/C59H48BN2OS/c1-57(2,3)32-17-20-34(21-18-32)61-48-30-54-44(43-25-33(58(4,5)6)19-24-53(43)64-54)26-40(48)37-22-23-38-41-27-46-39(35-13-9-11-15-45(35)59(46,7)8)29-49(41)62-50-31-52-42(28-47(50)60-55(37)56(38)62)36-14-10-12-16-51(36)63-52/h9-31,61H,1-8H3. The Labute approximate surface area is 378 Å². The lowest BCUT2D eigenvalue weighted by Gasteiger charge is -2.24. The third-order valence-corrected chi connectivity index (χ3v) is 15.7. The highest BCUT2D eigenvalue weighted by atomic mass is 32.1. The molecule has 0 atom stereocenters. The van der Waals surface area contributed by atoms with E-state index in [9.17, 15) is 0 Å². The van der Waals surface area contributed by atoms with E-state index < -0.39 is 0 Å². The number of aromatic nitrogens is 1. The molecule has 3 aromatic heterocycles. The number of nitrogens with zero attached hydrogens (tertiary/aromatic N) is 1. The average molecular weight is 844 g/mol. The van der Waals surface area contributed by atoms with Gasteiger partial charge in [0, 0.05) is 81.3 Å². The molecular formula is C59H48BN2OS. The van der Waals surface area contributed by atoms with E-state index in [0.717, 1.165) is 39.0 Å². The molecule has 8 aromatic carbocycles. The highest BCUT2D eigenvalue weighted by Crippen LogP contribution is 2.52. The van der Waals surface area contributed by atoms with Gasteiger partial charge in [0.15, 0.2) is 7.28 Å². The average Bonchev–Trinajstić information content (AvgIpc) is 3.98. The number of furan rings is 1. The summed E-state index contributed by atoms with van der Waals surface area (Å²) in [7, 11) is 2.45. The minimum Gasteiger partial charge on any atom is -0.456 e. The summed E-state index contributed by atoms with van der Waals surface area (Å²) in [6.45, 7) is 18.5. The first-order valence-electron chi connectivity index (χ1n) is 22.7. The van der Waals surface area contributed by atoms with Gasteiger partial charge in [-0.2, -0.15) is 0 Å². The van der Waals surface area contributed by atoms with Crippen LogP contribution in [0.1, 0.15) is 77.6 Å². The zero-order valence-corrected chi connectivity index (χ0v) is 38.4. The van der Waals surface area contributed by atoms with Gasteiger partial charge in [-0.05, 0) is 110 Å². The van der Waals surface area contributed by atoms with Gasteiger partial charge in [-0.25, -0.2) is 0 Å². The number of anilines is 2. The van der Waals surface area contributed by atoms with Crippen molar-refractivity contribution < 1.29 is 4.42 Å². The van der Waals surface area contributed by atoms with Crippen molar-refractivity contribution in [3.8, 4) is 27.9 Å². The molecule has 2 aliphatic rings. The van der Waals surface area contributed by atoms with E-state index in [2.05, 4.69) is 212 Å². The largest absolute Gasteiger partial charge is 0.456 e. The molecule has 13 rings (SSSR count). The van der Waals surface area contributed by atoms with Crippen molar-refractivity contribution in [2.75, 3.05) is 5.32 Å². The third kappa shape index (κ3) is 5.34. The summed E-state index contributed by atoms with van der Waals surface area (Å²) in [5.41, 5.74) is 20.5. The molecule has 4 heterocycles. The molecule has 0 saturated carbocycles. The van der Waals surface area contributed by atoms with Crippen LogP contribution >= 0.6 is 11.3 Å². The fourth-order valence-electron chi connectivity index (χ4n) is 11.0. The Bertz CT molecular complexity index is 3830. The van der Waals surface area contributed by atoms with Crippen LogP contribution in [0.4, 0.5) is 11.4 Å². The van der Waals surface area contributed by atoms with Gasteiger partial charge < -0.3 is 14.3 Å². The number of nitrogens with one attached hydrogen (secondary N) is 1. The number of hydrogen-bond donors (Lipinski definition) is 1. The van der Waals surface area contributed by atoms with Gasteiger partial charge >= 0.3 is 0 Å². The molecule has 3 nitrogen and oxygen atoms in total. The van der Waals surface area contributed by atoms with Crippen LogP contribution in [0.2, 0.25) is 0 Å². The minimum absolute atomic E-state index is 0.0419. The lowest BCUT2D eigenvalue weighted by Crippen LogP contribution is -2.37. The first-order chi connectivity index (χ1) is 30.7. The van der Waals surface area contributed by atoms with Crippen molar-refractivity contribution >= 4 is 105 Å². The van der Waals surface area contributed by atoms with E-state index in [1.807, 2.05) is 11.3 Å². The molecule has 0 unspecified atom stereocenters. The predicted octanol–water partition coefficient (Wildman–Crippen LogP) is 15.3. The third-order valence-electron chi connectivity index (χ3n) is 14.5. The zero-order chi connectivity index (χ0) is 43.6. The Morgan fingerprint density at radius 2 is 1.30 bits per heavy atom. The summed E-state index contributed by atoms with van der Waals surface area (Å²) in [6.07, 6.45) is 0. The van der Waals surface area contributed by atoms with Crippen LogP contribution in [0.5, 0.6) is 0 Å². The van der Waals surface area contributed by atoms with Crippen molar-refractivity contribution in [2.45, 2.75) is 71.6 Å². The van der Waals surface area contributed by atoms with Crippen LogP contribution in [-0.2, 0) is 16.2 Å². The molecular weight excluding hydrogens is 796 g/mol. The Morgan fingerprint density at radius 3 is 2.11 bits per heavy atom. The smallest absolute Gasteiger partial charge is 0.197 e. The second kappa shape index (κ2) is 12.8. The van der Waals surface area contributed by atoms with Crippen molar-refractivity contribution in [3.63, 3.8) is 0 Å². The summed E-state index contributed by atoms with van der Waals surface area (Å²) in [5, 5.41) is 11.4. The van der Waals surface area contributed by atoms with Gasteiger partial charge in [0.25, 0.3) is 0 Å². The number of para-hydroxylation sites is 1. The van der Waals surface area contributed by atoms with E-state index in [1.54, 1.807) is 0 Å². The molecule has 0 saturated heterocycles. The number of rotatable bonds is 3. The topological polar surface area (TPSA) is 30.1 Å². The zero-order valence-electron chi connectivity index (χ0n) is 37.6. The summed E-state index contributed by atoms with van der Waals surface area (Å²) in [5.74, 6) is 0. The maximum Gasteiger partial charge on any atom is 0.197 e. The van der Waals surface area contributed by atoms with E-state index >= 15 is 0 Å². The number of benzene rings is 8. The molecule has 11 aromatic rings. The fourth-order valence-corrected chi connectivity index (χ4v) is 12.1. The Hall–Kier alpha value is -6.56. The number of hydrogen-bond acceptors (Lipinski definition) is 3. The number of thiophene rings is 1. The van der Waals surface area contributed by atoms with Gasteiger partial charge in [-0.15, -0.1) is 11.3 Å². The van der Waals surface area contributed by atoms with E-state index in [4.69, 9.17) is 4.42 Å². The van der Waals surface area contributed by atoms with Gasteiger partial charge in [-0.3, -0.25) is 0 Å². The maximum atomic E-state index is 6.59. The lowest BCUT2D eigenvalue weighted by molar-refractivity contribution is 0.590. The quantitative estimate of drug-likeness (QED) is 0.180. The SMILES string of the molecule is CC(C)(C)c1ccc(Nc2cc3sc4ccc(C(C)(C)C)cc4c3cc2-c2ccc3c4cc5c(cc4n4c3c2[B]c2cc3c(cc2-4)oc2ccccc23)-c2ccccc2C5(C)C)cc1. The van der Waals surface area contributed by atoms with Crippen LogP contribution in [0.25, 0.3) is 91.9 Å². The summed E-state index contributed by atoms with van der Waals surface area (Å²) in [4.78, 5) is 0. The highest BCUT2D eigenvalue weighted by molar-refractivity contribution is 7.25. The molecule has 1 aliphatic heterocycles.